The normalized spacial score (nSPS) is 11.6. The van der Waals surface area contributed by atoms with E-state index in [0.29, 0.717) is 29.3 Å². The van der Waals surface area contributed by atoms with E-state index in [9.17, 15) is 4.39 Å². The highest BCUT2D eigenvalue weighted by Gasteiger charge is 2.16. The van der Waals surface area contributed by atoms with Crippen LogP contribution in [0.5, 0.6) is 5.75 Å². The smallest absolute Gasteiger partial charge is 0.127 e. The zero-order chi connectivity index (χ0) is 25.4. The van der Waals surface area contributed by atoms with Crippen molar-refractivity contribution in [3.05, 3.63) is 73.3 Å². The van der Waals surface area contributed by atoms with Gasteiger partial charge >= 0.3 is 0 Å². The summed E-state index contributed by atoms with van der Waals surface area (Å²) in [5, 5.41) is 9.37. The van der Waals surface area contributed by atoms with Gasteiger partial charge in [-0.25, -0.2) is 4.39 Å². The molecule has 0 aliphatic carbocycles. The Morgan fingerprint density at radius 1 is 0.865 bits per heavy atom. The SMILES string of the molecule is CN(C)CCOc1cc(F)cc(-c2cncc3[nH]c(-c4n[nH]c5cnc(-c6cnccn6)cc45)cc23)c1. The van der Waals surface area contributed by atoms with E-state index in [1.165, 1.54) is 12.1 Å². The summed E-state index contributed by atoms with van der Waals surface area (Å²) in [7, 11) is 3.93. The van der Waals surface area contributed by atoms with Gasteiger partial charge in [-0.05, 0) is 43.9 Å². The van der Waals surface area contributed by atoms with Crippen molar-refractivity contribution in [2.45, 2.75) is 0 Å². The standard InChI is InChI=1S/C27H23FN8O/c1-36(2)5-6-37-18-8-16(7-17(28)9-18)21-12-30-13-24-19(21)10-23(33-24)27-20-11-22(26-14-29-3-4-31-26)32-15-25(20)34-35-27/h3-4,7-15,33H,5-6H2,1-2H3,(H,34,35). The van der Waals surface area contributed by atoms with Gasteiger partial charge in [0.15, 0.2) is 0 Å². The molecule has 0 aliphatic heterocycles. The summed E-state index contributed by atoms with van der Waals surface area (Å²) in [5.41, 5.74) is 5.98. The molecule has 5 heterocycles. The predicted octanol–water partition coefficient (Wildman–Crippen LogP) is 4.70. The lowest BCUT2D eigenvalue weighted by atomic mass is 10.0. The molecule has 0 aliphatic rings. The number of nitrogens with one attached hydrogen (secondary N) is 2. The molecular formula is C27H23FN8O. The second-order valence-electron chi connectivity index (χ2n) is 8.94. The van der Waals surface area contributed by atoms with E-state index in [0.717, 1.165) is 45.3 Å². The number of ether oxygens (including phenoxy) is 1. The largest absolute Gasteiger partial charge is 0.492 e. The van der Waals surface area contributed by atoms with Crippen LogP contribution in [0.1, 0.15) is 0 Å². The molecule has 0 radical (unpaired) electrons. The van der Waals surface area contributed by atoms with E-state index >= 15 is 0 Å². The van der Waals surface area contributed by atoms with Crippen molar-refractivity contribution in [1.29, 1.82) is 0 Å². The van der Waals surface area contributed by atoms with Crippen LogP contribution in [0.3, 0.4) is 0 Å². The topological polar surface area (TPSA) is 108 Å². The van der Waals surface area contributed by atoms with Gasteiger partial charge in [0.25, 0.3) is 0 Å². The Hall–Kier alpha value is -4.70. The molecule has 10 heteroatoms. The van der Waals surface area contributed by atoms with Crippen LogP contribution in [0, 0.1) is 5.82 Å². The Bertz CT molecular complexity index is 1710. The minimum absolute atomic E-state index is 0.368. The molecule has 5 aromatic heterocycles. The molecule has 6 aromatic rings. The molecule has 9 nitrogen and oxygen atoms in total. The summed E-state index contributed by atoms with van der Waals surface area (Å²) >= 11 is 0. The molecule has 1 aromatic carbocycles. The van der Waals surface area contributed by atoms with E-state index in [1.807, 2.05) is 37.2 Å². The highest BCUT2D eigenvalue weighted by molar-refractivity contribution is 6.01. The van der Waals surface area contributed by atoms with Gasteiger partial charge in [0.2, 0.25) is 0 Å². The van der Waals surface area contributed by atoms with Crippen molar-refractivity contribution in [3.63, 3.8) is 0 Å². The fraction of sp³-hybridized carbons (Fsp3) is 0.148. The summed E-state index contributed by atoms with van der Waals surface area (Å²) in [6.07, 6.45) is 10.1. The van der Waals surface area contributed by atoms with E-state index in [-0.39, 0.29) is 5.82 Å². The number of hydrogen-bond acceptors (Lipinski definition) is 7. The van der Waals surface area contributed by atoms with Crippen LogP contribution in [0.25, 0.3) is 55.7 Å². The van der Waals surface area contributed by atoms with Crippen LogP contribution < -0.4 is 4.74 Å². The Morgan fingerprint density at radius 3 is 2.62 bits per heavy atom. The summed E-state index contributed by atoms with van der Waals surface area (Å²) < 4.78 is 20.3. The first-order valence-electron chi connectivity index (χ1n) is 11.7. The first-order chi connectivity index (χ1) is 18.0. The summed E-state index contributed by atoms with van der Waals surface area (Å²) in [6, 6.07) is 8.66. The number of benzene rings is 1. The highest BCUT2D eigenvalue weighted by Crippen LogP contribution is 2.35. The quantitative estimate of drug-likeness (QED) is 0.331. The zero-order valence-electron chi connectivity index (χ0n) is 20.2. The molecule has 2 N–H and O–H groups in total. The van der Waals surface area contributed by atoms with Crippen LogP contribution in [0.15, 0.2) is 67.5 Å². The Kier molecular flexibility index (Phi) is 5.78. The van der Waals surface area contributed by atoms with Crippen LogP contribution in [0.2, 0.25) is 0 Å². The third-order valence-electron chi connectivity index (χ3n) is 6.06. The first-order valence-corrected chi connectivity index (χ1v) is 11.7. The molecule has 184 valence electrons. The number of fused-ring (bicyclic) bond motifs is 2. The molecule has 0 unspecified atom stereocenters. The molecule has 37 heavy (non-hydrogen) atoms. The second kappa shape index (κ2) is 9.40. The van der Waals surface area contributed by atoms with E-state index in [1.54, 1.807) is 37.2 Å². The van der Waals surface area contributed by atoms with Crippen LogP contribution in [-0.2, 0) is 0 Å². The van der Waals surface area contributed by atoms with Crippen molar-refractivity contribution >= 4 is 21.8 Å². The lowest BCUT2D eigenvalue weighted by molar-refractivity contribution is 0.260. The van der Waals surface area contributed by atoms with E-state index in [4.69, 9.17) is 4.74 Å². The molecule has 0 fully saturated rings. The minimum Gasteiger partial charge on any atom is -0.492 e. The van der Waals surface area contributed by atoms with Crippen molar-refractivity contribution in [1.82, 2.24) is 40.0 Å². The average Bonchev–Trinajstić information content (AvgIpc) is 3.52. The van der Waals surface area contributed by atoms with Gasteiger partial charge in [-0.1, -0.05) is 0 Å². The van der Waals surface area contributed by atoms with Gasteiger partial charge in [0, 0.05) is 47.5 Å². The van der Waals surface area contributed by atoms with Crippen LogP contribution in [0.4, 0.5) is 4.39 Å². The van der Waals surface area contributed by atoms with Crippen molar-refractivity contribution < 1.29 is 9.13 Å². The van der Waals surface area contributed by atoms with Crippen LogP contribution in [-0.4, -0.2) is 67.3 Å². The van der Waals surface area contributed by atoms with Crippen LogP contribution >= 0.6 is 0 Å². The number of rotatable bonds is 7. The third kappa shape index (κ3) is 4.50. The predicted molar refractivity (Wildman–Crippen MR) is 139 cm³/mol. The number of halogens is 1. The number of H-pyrrole nitrogens is 2. The van der Waals surface area contributed by atoms with Gasteiger partial charge in [-0.15, -0.1) is 0 Å². The number of hydrogen-bond donors (Lipinski definition) is 2. The van der Waals surface area contributed by atoms with E-state index < -0.39 is 0 Å². The lowest BCUT2D eigenvalue weighted by Gasteiger charge is -2.12. The third-order valence-corrected chi connectivity index (χ3v) is 6.06. The molecule has 0 amide bonds. The number of nitrogens with zero attached hydrogens (tertiary/aromatic N) is 6. The Labute approximate surface area is 211 Å². The lowest BCUT2D eigenvalue weighted by Crippen LogP contribution is -2.19. The van der Waals surface area contributed by atoms with E-state index in [2.05, 4.69) is 35.1 Å². The maximum Gasteiger partial charge on any atom is 0.127 e. The van der Waals surface area contributed by atoms with Gasteiger partial charge in [0.05, 0.1) is 41.0 Å². The highest BCUT2D eigenvalue weighted by atomic mass is 19.1. The first kappa shape index (κ1) is 22.7. The van der Waals surface area contributed by atoms with Crippen molar-refractivity contribution in [2.24, 2.45) is 0 Å². The number of pyridine rings is 2. The maximum absolute atomic E-state index is 14.5. The van der Waals surface area contributed by atoms with Gasteiger partial charge in [-0.3, -0.25) is 25.0 Å². The molecule has 6 rings (SSSR count). The van der Waals surface area contributed by atoms with Crippen molar-refractivity contribution in [2.75, 3.05) is 27.2 Å². The van der Waals surface area contributed by atoms with Crippen molar-refractivity contribution in [3.8, 4) is 39.7 Å². The number of aromatic amines is 2. The minimum atomic E-state index is -0.368. The Balaban J connectivity index is 1.41. The maximum atomic E-state index is 14.5. The fourth-order valence-corrected chi connectivity index (χ4v) is 4.25. The summed E-state index contributed by atoms with van der Waals surface area (Å²) in [4.78, 5) is 22.8. The molecule has 0 saturated heterocycles. The zero-order valence-corrected chi connectivity index (χ0v) is 20.2. The summed E-state index contributed by atoms with van der Waals surface area (Å²) in [5.74, 6) is 0.111. The van der Waals surface area contributed by atoms with Gasteiger partial charge in [0.1, 0.15) is 29.6 Å². The second-order valence-corrected chi connectivity index (χ2v) is 8.94. The number of aromatic nitrogens is 7. The van der Waals surface area contributed by atoms with Gasteiger partial charge in [-0.2, -0.15) is 5.10 Å². The fourth-order valence-electron chi connectivity index (χ4n) is 4.25. The summed E-state index contributed by atoms with van der Waals surface area (Å²) in [6.45, 7) is 1.19. The van der Waals surface area contributed by atoms with Gasteiger partial charge < -0.3 is 14.6 Å². The molecule has 0 atom stereocenters. The molecule has 0 saturated carbocycles. The average molecular weight is 495 g/mol. The number of likely N-dealkylation sites (N-methyl/N-ethyl adjacent to an activating group) is 1. The molecular weight excluding hydrogens is 471 g/mol. The monoisotopic (exact) mass is 494 g/mol. The Morgan fingerprint density at radius 2 is 1.78 bits per heavy atom. The molecule has 0 bridgehead atoms. The molecule has 0 spiro atoms.